The van der Waals surface area contributed by atoms with E-state index in [9.17, 15) is 0 Å². The van der Waals surface area contributed by atoms with Crippen LogP contribution in [-0.2, 0) is 9.47 Å². The lowest BCUT2D eigenvalue weighted by Gasteiger charge is -2.11. The minimum absolute atomic E-state index is 0.302. The molecule has 0 unspecified atom stereocenters. The lowest BCUT2D eigenvalue weighted by Crippen LogP contribution is -2.13. The van der Waals surface area contributed by atoms with Crippen LogP contribution in [-0.4, -0.2) is 84.5 Å². The second-order valence-corrected chi connectivity index (χ2v) is 14.2. The number of fused-ring (bicyclic) bond motifs is 21. The average Bonchev–Trinajstić information content (AvgIpc) is 4.03. The van der Waals surface area contributed by atoms with Crippen LogP contribution in [0.25, 0.3) is 101 Å². The number of aromatic amines is 2. The summed E-state index contributed by atoms with van der Waals surface area (Å²) in [6, 6.07) is 39.7. The maximum Gasteiger partial charge on any atom is 0.168 e. The van der Waals surface area contributed by atoms with E-state index in [4.69, 9.17) is 48.9 Å². The van der Waals surface area contributed by atoms with E-state index in [0.29, 0.717) is 91.3 Å². The van der Waals surface area contributed by atoms with Crippen LogP contribution in [0.3, 0.4) is 0 Å². The fourth-order valence-electron chi connectivity index (χ4n) is 7.71. The van der Waals surface area contributed by atoms with Gasteiger partial charge in [-0.25, -0.2) is 29.9 Å². The topological polar surface area (TPSA) is 159 Å². The lowest BCUT2D eigenvalue weighted by molar-refractivity contribution is 0.0275. The molecule has 0 saturated heterocycles. The van der Waals surface area contributed by atoms with Crippen molar-refractivity contribution in [1.29, 1.82) is 0 Å². The van der Waals surface area contributed by atoms with Crippen molar-refractivity contribution in [3.05, 3.63) is 128 Å². The van der Waals surface area contributed by atoms with E-state index >= 15 is 0 Å². The van der Waals surface area contributed by atoms with Crippen molar-refractivity contribution in [2.45, 2.75) is 0 Å². The number of hydrogen-bond acceptors (Lipinski definition) is 11. The number of nitrogens with zero attached hydrogens (tertiary/aromatic N) is 7. The predicted molar refractivity (Wildman–Crippen MR) is 230 cm³/mol. The Balaban J connectivity index is 0.892. The molecule has 6 heterocycles. The van der Waals surface area contributed by atoms with E-state index in [-0.39, 0.29) is 0 Å². The molecule has 13 heteroatoms. The molecule has 4 aromatic heterocycles. The van der Waals surface area contributed by atoms with E-state index in [0.717, 1.165) is 60.5 Å². The quantitative estimate of drug-likeness (QED) is 0.121. The molecule has 0 atom stereocenters. The summed E-state index contributed by atoms with van der Waals surface area (Å²) in [6.45, 7) is 2.33. The van der Waals surface area contributed by atoms with E-state index in [1.165, 1.54) is 0 Å². The first-order chi connectivity index (χ1) is 29.7. The summed E-state index contributed by atoms with van der Waals surface area (Å²) in [6.07, 6.45) is 1.76. The Kier molecular flexibility index (Phi) is 9.06. The molecule has 0 radical (unpaired) electrons. The number of aromatic nitrogens is 9. The summed E-state index contributed by atoms with van der Waals surface area (Å²) in [5.41, 5.74) is 6.65. The lowest BCUT2D eigenvalue weighted by atomic mass is 10.1. The molecule has 0 aliphatic carbocycles. The fourth-order valence-corrected chi connectivity index (χ4v) is 7.71. The summed E-state index contributed by atoms with van der Waals surface area (Å²) in [5.74, 6) is 3.43. The number of H-pyrrole nitrogens is 2. The van der Waals surface area contributed by atoms with Crippen LogP contribution in [0.15, 0.2) is 128 Å². The molecule has 2 aliphatic rings. The first-order valence-corrected chi connectivity index (χ1v) is 19.7. The number of ether oxygens (including phenoxy) is 4. The van der Waals surface area contributed by atoms with Gasteiger partial charge >= 0.3 is 0 Å². The highest BCUT2D eigenvalue weighted by Gasteiger charge is 2.25. The summed E-state index contributed by atoms with van der Waals surface area (Å²) in [4.78, 5) is 41.9. The van der Waals surface area contributed by atoms with Gasteiger partial charge in [-0.15, -0.1) is 0 Å². The smallest absolute Gasteiger partial charge is 0.168 e. The van der Waals surface area contributed by atoms with Gasteiger partial charge in [-0.05, 0) is 18.2 Å². The molecule has 0 fully saturated rings. The zero-order valence-corrected chi connectivity index (χ0v) is 32.1. The van der Waals surface area contributed by atoms with Gasteiger partial charge in [-0.1, -0.05) is 103 Å². The molecule has 8 bridgehead atoms. The van der Waals surface area contributed by atoms with Crippen LogP contribution in [0.1, 0.15) is 0 Å². The van der Waals surface area contributed by atoms with Crippen molar-refractivity contribution in [3.63, 3.8) is 0 Å². The van der Waals surface area contributed by atoms with Crippen LogP contribution < -0.4 is 9.47 Å². The molecule has 9 aromatic rings. The largest absolute Gasteiger partial charge is 0.490 e. The fraction of sp³-hybridized carbons (Fsp3) is 0.128. The third-order valence-corrected chi connectivity index (χ3v) is 10.5. The third kappa shape index (κ3) is 6.51. The maximum absolute atomic E-state index is 6.39. The van der Waals surface area contributed by atoms with Crippen molar-refractivity contribution < 1.29 is 18.9 Å². The summed E-state index contributed by atoms with van der Waals surface area (Å²) >= 11 is 0. The third-order valence-electron chi connectivity index (χ3n) is 10.5. The van der Waals surface area contributed by atoms with Crippen LogP contribution in [0.5, 0.6) is 11.5 Å². The highest BCUT2D eigenvalue weighted by molar-refractivity contribution is 6.06. The van der Waals surface area contributed by atoms with Crippen molar-refractivity contribution in [1.82, 2.24) is 44.9 Å². The first kappa shape index (κ1) is 35.5. The Hall–Kier alpha value is -7.61. The molecule has 0 saturated carbocycles. The van der Waals surface area contributed by atoms with Gasteiger partial charge in [0.05, 0.1) is 32.0 Å². The number of pyridine rings is 1. The Morgan fingerprint density at radius 3 is 1.45 bits per heavy atom. The van der Waals surface area contributed by atoms with Crippen molar-refractivity contribution in [3.8, 4) is 57.1 Å². The van der Waals surface area contributed by atoms with Gasteiger partial charge in [0.15, 0.2) is 23.3 Å². The molecule has 13 nitrogen and oxygen atoms in total. The van der Waals surface area contributed by atoms with Gasteiger partial charge in [-0.2, -0.15) is 0 Å². The number of para-hydroxylation sites is 1. The Bertz CT molecular complexity index is 3260. The van der Waals surface area contributed by atoms with Gasteiger partial charge < -0.3 is 28.9 Å². The monoisotopic (exact) mass is 789 g/mol. The highest BCUT2D eigenvalue weighted by atomic mass is 16.6. The van der Waals surface area contributed by atoms with Crippen LogP contribution in [0.2, 0.25) is 0 Å². The SMILES string of the molecule is c1ccc2c(c1)-c1nc-2nc2[nH]c(nc3nc(nc4[nH]c(n1)c1ccccc41)-c1cccc(OCCOCCOCCOc4cccc5cccnc45)c1-3)c1ccccc21. The molecule has 11 rings (SSSR count). The molecule has 0 amide bonds. The molecule has 2 aliphatic heterocycles. The minimum Gasteiger partial charge on any atom is -0.490 e. The average molecular weight is 790 g/mol. The van der Waals surface area contributed by atoms with Crippen molar-refractivity contribution >= 4 is 55.0 Å². The Labute approximate surface area is 342 Å². The number of rotatable bonds is 11. The van der Waals surface area contributed by atoms with E-state index in [2.05, 4.69) is 15.0 Å². The second-order valence-electron chi connectivity index (χ2n) is 14.2. The van der Waals surface area contributed by atoms with Crippen LogP contribution in [0, 0.1) is 0 Å². The molecule has 2 N–H and O–H groups in total. The zero-order valence-electron chi connectivity index (χ0n) is 32.1. The van der Waals surface area contributed by atoms with Crippen LogP contribution >= 0.6 is 0 Å². The summed E-state index contributed by atoms with van der Waals surface area (Å²) < 4.78 is 24.0. The summed E-state index contributed by atoms with van der Waals surface area (Å²) in [5, 5.41) is 4.64. The second kappa shape index (κ2) is 15.3. The number of nitrogens with one attached hydrogen (secondary N) is 2. The first-order valence-electron chi connectivity index (χ1n) is 19.7. The van der Waals surface area contributed by atoms with E-state index < -0.39 is 0 Å². The van der Waals surface area contributed by atoms with Crippen molar-refractivity contribution in [2.24, 2.45) is 0 Å². The van der Waals surface area contributed by atoms with E-state index in [1.807, 2.05) is 121 Å². The number of benzene rings is 5. The van der Waals surface area contributed by atoms with Gasteiger partial charge in [0.1, 0.15) is 52.8 Å². The van der Waals surface area contributed by atoms with Crippen LogP contribution in [0.4, 0.5) is 0 Å². The molecular formula is C47H35N9O4. The van der Waals surface area contributed by atoms with Gasteiger partial charge in [-0.3, -0.25) is 4.98 Å². The maximum atomic E-state index is 6.39. The number of hydrogen-bond donors (Lipinski definition) is 2. The normalized spacial score (nSPS) is 11.9. The van der Waals surface area contributed by atoms with Gasteiger partial charge in [0, 0.05) is 49.8 Å². The standard InChI is InChI=1S/C47H35N9O4/c1-2-13-30-29(12-1)40-49-41(30)51-43-33-16-5-6-17-34(33)45(53-43)55-47-38-35(46(56-47)54-44-32-15-4-3-14-31(32)42(50-40)52-44)18-8-19-36(38)59-26-24-57-22-23-58-25-27-60-37-20-7-10-28-11-9-21-48-39(28)37/h1-21H,22-27H2,(H2,49,50,51,52,53,54,55,56). The van der Waals surface area contributed by atoms with Crippen molar-refractivity contribution in [2.75, 3.05) is 39.6 Å². The highest BCUT2D eigenvalue weighted by Crippen LogP contribution is 2.41. The van der Waals surface area contributed by atoms with Gasteiger partial charge in [0.2, 0.25) is 0 Å². The predicted octanol–water partition coefficient (Wildman–Crippen LogP) is 8.91. The zero-order chi connectivity index (χ0) is 39.8. The van der Waals surface area contributed by atoms with Gasteiger partial charge in [0.25, 0.3) is 0 Å². The van der Waals surface area contributed by atoms with E-state index in [1.54, 1.807) is 6.20 Å². The molecule has 5 aromatic carbocycles. The molecule has 292 valence electrons. The molecule has 0 spiro atoms. The molecular weight excluding hydrogens is 755 g/mol. The Morgan fingerprint density at radius 2 is 0.833 bits per heavy atom. The summed E-state index contributed by atoms with van der Waals surface area (Å²) in [7, 11) is 0. The minimum atomic E-state index is 0.302. The molecule has 60 heavy (non-hydrogen) atoms. The Morgan fingerprint density at radius 1 is 0.383 bits per heavy atom.